The molecule has 0 bridgehead atoms. The Morgan fingerprint density at radius 2 is 0.933 bits per heavy atom. The summed E-state index contributed by atoms with van der Waals surface area (Å²) in [4.78, 5) is 30.7. The first-order valence-electron chi connectivity index (χ1n) is 20.3. The topological polar surface area (TPSA) is 48.9 Å². The van der Waals surface area contributed by atoms with Gasteiger partial charge in [0.25, 0.3) is 11.1 Å². The molecule has 0 unspecified atom stereocenters. The van der Waals surface area contributed by atoms with Crippen molar-refractivity contribution < 1.29 is 0 Å². The van der Waals surface area contributed by atoms with Crippen molar-refractivity contribution in [2.75, 3.05) is 0 Å². The molecular weight excluding hydrogens is 755 g/mol. The van der Waals surface area contributed by atoms with Gasteiger partial charge in [-0.05, 0) is 94.5 Å². The van der Waals surface area contributed by atoms with Crippen LogP contribution >= 0.6 is 11.3 Å². The molecule has 0 spiro atoms. The van der Waals surface area contributed by atoms with Gasteiger partial charge in [0.1, 0.15) is 0 Å². The van der Waals surface area contributed by atoms with E-state index in [1.165, 1.54) is 15.3 Å². The highest BCUT2D eigenvalue weighted by molar-refractivity contribution is 7.26. The van der Waals surface area contributed by atoms with E-state index in [1.54, 1.807) is 11.3 Å². The number of fused-ring (bicyclic) bond motifs is 13. The van der Waals surface area contributed by atoms with Crippen molar-refractivity contribution in [3.63, 3.8) is 0 Å². The number of hydrogen-bond donors (Lipinski definition) is 0. The molecule has 4 aromatic heterocycles. The highest BCUT2D eigenvalue weighted by atomic mass is 32.1. The number of aromatic nitrogens is 3. The molecule has 5 nitrogen and oxygen atoms in total. The molecule has 0 saturated carbocycles. The molecule has 0 aliphatic rings. The molecule has 0 radical (unpaired) electrons. The summed E-state index contributed by atoms with van der Waals surface area (Å²) in [5.74, 6) is 0. The van der Waals surface area contributed by atoms with Gasteiger partial charge in [-0.3, -0.25) is 9.59 Å². The first kappa shape index (κ1) is 34.7. The molecular formula is C54H37N3O2S. The summed E-state index contributed by atoms with van der Waals surface area (Å²) in [5.41, 5.74) is 7.32. The minimum absolute atomic E-state index is 0.0928. The van der Waals surface area contributed by atoms with E-state index in [0.29, 0.717) is 16.5 Å². The van der Waals surface area contributed by atoms with Crippen LogP contribution in [0, 0.1) is 0 Å². The fraction of sp³-hybridized carbons (Fsp3) is 0.0741. The van der Waals surface area contributed by atoms with Crippen molar-refractivity contribution in [1.82, 2.24) is 13.7 Å². The average Bonchev–Trinajstić information content (AvgIpc) is 3.91. The molecule has 0 N–H and O–H groups in total. The van der Waals surface area contributed by atoms with E-state index in [4.69, 9.17) is 0 Å². The summed E-state index contributed by atoms with van der Waals surface area (Å²) < 4.78 is 7.95. The van der Waals surface area contributed by atoms with Gasteiger partial charge in [-0.25, -0.2) is 4.57 Å². The second-order valence-corrected chi connectivity index (χ2v) is 17.9. The Kier molecular flexibility index (Phi) is 7.30. The average molecular weight is 792 g/mol. The van der Waals surface area contributed by atoms with E-state index in [-0.39, 0.29) is 16.5 Å². The largest absolute Gasteiger partial charge is 0.309 e. The van der Waals surface area contributed by atoms with Gasteiger partial charge >= 0.3 is 0 Å². The van der Waals surface area contributed by atoms with E-state index in [9.17, 15) is 0 Å². The summed E-state index contributed by atoms with van der Waals surface area (Å²) in [6.07, 6.45) is 0. The summed E-state index contributed by atoms with van der Waals surface area (Å²) in [7, 11) is 0. The molecule has 0 atom stereocenters. The summed E-state index contributed by atoms with van der Waals surface area (Å²) in [5, 5.41) is 9.02. The normalized spacial score (nSPS) is 12.4. The zero-order valence-corrected chi connectivity index (χ0v) is 34.0. The lowest BCUT2D eigenvalue weighted by molar-refractivity contribution is 0.590. The van der Waals surface area contributed by atoms with Crippen LogP contribution in [0.2, 0.25) is 0 Å². The van der Waals surface area contributed by atoms with Gasteiger partial charge in [0, 0.05) is 58.5 Å². The van der Waals surface area contributed by atoms with Crippen LogP contribution in [-0.4, -0.2) is 13.7 Å². The van der Waals surface area contributed by atoms with Crippen molar-refractivity contribution in [3.8, 4) is 17.1 Å². The van der Waals surface area contributed by atoms with Crippen LogP contribution in [0.4, 0.5) is 0 Å². The van der Waals surface area contributed by atoms with Gasteiger partial charge in [0.2, 0.25) is 0 Å². The van der Waals surface area contributed by atoms with Gasteiger partial charge in [0.15, 0.2) is 0 Å². The van der Waals surface area contributed by atoms with Gasteiger partial charge in [-0.15, -0.1) is 11.3 Å². The summed E-state index contributed by atoms with van der Waals surface area (Å²) >= 11 is 1.62. The minimum atomic E-state index is -0.337. The zero-order valence-electron chi connectivity index (χ0n) is 33.2. The monoisotopic (exact) mass is 791 g/mol. The SMILES string of the molecule is CC(C)(C)c1ccc(-n2c(=O)c3cc4c5ccccc5n(-c5ccccc5)c4cc3c3ccc4c5cc(-n6c7ccccc7c7ccccc76)ccc5sc4c3c2=O)cc1. The number of rotatable bonds is 3. The van der Waals surface area contributed by atoms with E-state index >= 15 is 9.59 Å². The fourth-order valence-corrected chi connectivity index (χ4v) is 10.8. The standard InChI is InChI=1S/C54H37N3O2S/c1-54(2,3)32-21-23-34(24-22-32)57-52(58)44-30-42-38-17-9-12-20-47(38)55(33-13-5-4-6-14-33)48(42)31-41(44)39-26-27-40-43-29-35(25-28-49(43)60-51(40)50(39)53(57)59)56-45-18-10-7-15-36(45)37-16-8-11-19-46(37)56/h4-31H,1-3H3. The molecule has 4 heterocycles. The second kappa shape index (κ2) is 12.6. The summed E-state index contributed by atoms with van der Waals surface area (Å²) in [6, 6.07) is 58.6. The number of benzene rings is 8. The lowest BCUT2D eigenvalue weighted by Gasteiger charge is -2.19. The minimum Gasteiger partial charge on any atom is -0.309 e. The Hall–Kier alpha value is -7.28. The number of nitrogens with zero attached hydrogens (tertiary/aromatic N) is 3. The molecule has 8 aromatic carbocycles. The maximum absolute atomic E-state index is 15.5. The Bertz CT molecular complexity index is 3850. The number of hydrogen-bond acceptors (Lipinski definition) is 3. The lowest BCUT2D eigenvalue weighted by atomic mass is 9.87. The highest BCUT2D eigenvalue weighted by Gasteiger charge is 2.22. The molecule has 12 aromatic rings. The highest BCUT2D eigenvalue weighted by Crippen LogP contribution is 2.42. The molecule has 0 fully saturated rings. The third kappa shape index (κ3) is 4.91. The van der Waals surface area contributed by atoms with E-state index in [1.807, 2.05) is 54.6 Å². The smallest absolute Gasteiger partial charge is 0.267 e. The Balaban J connectivity index is 1.22. The van der Waals surface area contributed by atoms with Gasteiger partial charge in [-0.2, -0.15) is 0 Å². The van der Waals surface area contributed by atoms with Crippen molar-refractivity contribution in [2.24, 2.45) is 0 Å². The van der Waals surface area contributed by atoms with Crippen LogP contribution in [0.1, 0.15) is 26.3 Å². The zero-order chi connectivity index (χ0) is 40.4. The number of thiophene rings is 1. The lowest BCUT2D eigenvalue weighted by Crippen LogP contribution is -2.28. The predicted octanol–water partition coefficient (Wildman–Crippen LogP) is 13.4. The second-order valence-electron chi connectivity index (χ2n) is 16.9. The van der Waals surface area contributed by atoms with Crippen LogP contribution in [-0.2, 0) is 5.41 Å². The van der Waals surface area contributed by atoms with Gasteiger partial charge in [-0.1, -0.05) is 118 Å². The van der Waals surface area contributed by atoms with Crippen molar-refractivity contribution in [2.45, 2.75) is 26.2 Å². The maximum Gasteiger partial charge on any atom is 0.267 e. The fourth-order valence-electron chi connectivity index (χ4n) is 9.54. The third-order valence-corrected chi connectivity index (χ3v) is 13.6. The van der Waals surface area contributed by atoms with Crippen molar-refractivity contribution >= 4 is 96.7 Å². The molecule has 12 rings (SSSR count). The van der Waals surface area contributed by atoms with Gasteiger partial charge in [0.05, 0.1) is 33.1 Å². The van der Waals surface area contributed by atoms with Crippen LogP contribution in [0.15, 0.2) is 179 Å². The quantitative estimate of drug-likeness (QED) is 0.179. The van der Waals surface area contributed by atoms with E-state index in [2.05, 4.69) is 145 Å². The Morgan fingerprint density at radius 3 is 1.58 bits per heavy atom. The van der Waals surface area contributed by atoms with Crippen LogP contribution in [0.3, 0.4) is 0 Å². The van der Waals surface area contributed by atoms with E-state index < -0.39 is 0 Å². The molecule has 286 valence electrons. The van der Waals surface area contributed by atoms with E-state index in [0.717, 1.165) is 80.7 Å². The Morgan fingerprint density at radius 1 is 0.383 bits per heavy atom. The van der Waals surface area contributed by atoms with Crippen molar-refractivity contribution in [1.29, 1.82) is 0 Å². The maximum atomic E-state index is 15.5. The predicted molar refractivity (Wildman–Crippen MR) is 254 cm³/mol. The summed E-state index contributed by atoms with van der Waals surface area (Å²) in [6.45, 7) is 6.50. The van der Waals surface area contributed by atoms with Crippen molar-refractivity contribution in [3.05, 3.63) is 196 Å². The van der Waals surface area contributed by atoms with Crippen LogP contribution in [0.5, 0.6) is 0 Å². The molecule has 60 heavy (non-hydrogen) atoms. The first-order valence-corrected chi connectivity index (χ1v) is 21.2. The first-order chi connectivity index (χ1) is 29.2. The van der Waals surface area contributed by atoms with Gasteiger partial charge < -0.3 is 9.13 Å². The van der Waals surface area contributed by atoms with Crippen LogP contribution < -0.4 is 11.1 Å². The number of para-hydroxylation sites is 4. The molecule has 0 saturated heterocycles. The Labute approximate surface area is 348 Å². The molecule has 0 amide bonds. The van der Waals surface area contributed by atoms with Crippen LogP contribution in [0.25, 0.3) is 102 Å². The molecule has 0 aliphatic heterocycles. The molecule has 6 heteroatoms. The third-order valence-electron chi connectivity index (χ3n) is 12.4. The molecule has 0 aliphatic carbocycles.